The van der Waals surface area contributed by atoms with Gasteiger partial charge in [-0.1, -0.05) is 32.9 Å². The van der Waals surface area contributed by atoms with Crippen LogP contribution < -0.4 is 5.32 Å². The van der Waals surface area contributed by atoms with Crippen LogP contribution in [0.5, 0.6) is 0 Å². The summed E-state index contributed by atoms with van der Waals surface area (Å²) in [6.07, 6.45) is -0.584. The predicted molar refractivity (Wildman–Crippen MR) is 81.4 cm³/mol. The van der Waals surface area contributed by atoms with Gasteiger partial charge in [0, 0.05) is 13.6 Å². The second-order valence-corrected chi connectivity index (χ2v) is 6.53. The zero-order valence-corrected chi connectivity index (χ0v) is 13.4. The van der Waals surface area contributed by atoms with E-state index in [9.17, 15) is 14.3 Å². The number of amides is 2. The molecule has 4 nitrogen and oxygen atoms in total. The molecule has 5 heteroatoms. The smallest absolute Gasteiger partial charge is 0.317 e. The maximum atomic E-state index is 13.1. The van der Waals surface area contributed by atoms with E-state index >= 15 is 0 Å². The van der Waals surface area contributed by atoms with E-state index in [1.54, 1.807) is 26.1 Å². The highest BCUT2D eigenvalue weighted by atomic mass is 19.1. The molecule has 0 fully saturated rings. The minimum Gasteiger partial charge on any atom is -0.392 e. The average molecular weight is 296 g/mol. The maximum Gasteiger partial charge on any atom is 0.317 e. The molecule has 0 aromatic heterocycles. The molecule has 2 amide bonds. The summed E-state index contributed by atoms with van der Waals surface area (Å²) in [6.45, 7) is 7.92. The Morgan fingerprint density at radius 2 is 1.86 bits per heavy atom. The quantitative estimate of drug-likeness (QED) is 0.897. The van der Waals surface area contributed by atoms with Gasteiger partial charge in [0.25, 0.3) is 0 Å². The molecular weight excluding hydrogens is 271 g/mol. The molecule has 0 aliphatic rings. The van der Waals surface area contributed by atoms with E-state index in [2.05, 4.69) is 5.32 Å². The highest BCUT2D eigenvalue weighted by molar-refractivity contribution is 5.74. The van der Waals surface area contributed by atoms with Gasteiger partial charge in [0.1, 0.15) is 5.82 Å². The van der Waals surface area contributed by atoms with Gasteiger partial charge in [0.2, 0.25) is 0 Å². The van der Waals surface area contributed by atoms with E-state index in [1.165, 1.54) is 17.0 Å². The maximum absolute atomic E-state index is 13.1. The minimum atomic E-state index is -0.584. The normalized spacial score (nSPS) is 14.4. The molecule has 118 valence electrons. The van der Waals surface area contributed by atoms with Crippen molar-refractivity contribution >= 4 is 6.03 Å². The van der Waals surface area contributed by atoms with Gasteiger partial charge in [-0.3, -0.25) is 0 Å². The summed E-state index contributed by atoms with van der Waals surface area (Å²) < 4.78 is 13.1. The lowest BCUT2D eigenvalue weighted by atomic mass is 9.82. The van der Waals surface area contributed by atoms with Crippen LogP contribution in [0, 0.1) is 11.2 Å². The second-order valence-electron chi connectivity index (χ2n) is 6.53. The number of halogens is 1. The molecule has 0 aliphatic carbocycles. The van der Waals surface area contributed by atoms with Crippen molar-refractivity contribution < 1.29 is 14.3 Å². The summed E-state index contributed by atoms with van der Waals surface area (Å²) in [5.41, 5.74) is 0.627. The van der Waals surface area contributed by atoms with Crippen LogP contribution in [0.15, 0.2) is 24.3 Å². The Bertz CT molecular complexity index is 466. The van der Waals surface area contributed by atoms with E-state index in [1.807, 2.05) is 20.8 Å². The van der Waals surface area contributed by atoms with E-state index < -0.39 is 6.10 Å². The van der Waals surface area contributed by atoms with Crippen molar-refractivity contribution in [3.8, 4) is 0 Å². The number of benzene rings is 1. The topological polar surface area (TPSA) is 52.6 Å². The highest BCUT2D eigenvalue weighted by Crippen LogP contribution is 2.32. The van der Waals surface area contributed by atoms with Gasteiger partial charge >= 0.3 is 6.03 Å². The Morgan fingerprint density at radius 3 is 2.29 bits per heavy atom. The molecule has 2 N–H and O–H groups in total. The van der Waals surface area contributed by atoms with Crippen LogP contribution in [-0.2, 0) is 0 Å². The molecular formula is C16H25FN2O2. The Morgan fingerprint density at radius 1 is 1.33 bits per heavy atom. The molecule has 0 radical (unpaired) electrons. The van der Waals surface area contributed by atoms with E-state index in [0.29, 0.717) is 0 Å². The summed E-state index contributed by atoms with van der Waals surface area (Å²) in [6, 6.07) is 5.63. The first kappa shape index (κ1) is 17.4. The fourth-order valence-corrected chi connectivity index (χ4v) is 2.17. The van der Waals surface area contributed by atoms with Crippen LogP contribution in [0.4, 0.5) is 9.18 Å². The fraction of sp³-hybridized carbons (Fsp3) is 0.562. The minimum absolute atomic E-state index is 0.223. The van der Waals surface area contributed by atoms with Crippen LogP contribution in [0.2, 0.25) is 0 Å². The van der Waals surface area contributed by atoms with Crippen molar-refractivity contribution in [3.05, 3.63) is 35.6 Å². The van der Waals surface area contributed by atoms with Crippen molar-refractivity contribution in [2.45, 2.75) is 39.8 Å². The lowest BCUT2D eigenvalue weighted by Gasteiger charge is -2.33. The van der Waals surface area contributed by atoms with Gasteiger partial charge in [-0.15, -0.1) is 0 Å². The molecule has 1 rings (SSSR count). The number of hydrogen-bond acceptors (Lipinski definition) is 2. The molecule has 0 saturated carbocycles. The number of likely N-dealkylation sites (N-methyl/N-ethyl adjacent to an activating group) is 1. The van der Waals surface area contributed by atoms with Crippen LogP contribution in [0.25, 0.3) is 0 Å². The number of hydrogen-bond donors (Lipinski definition) is 2. The molecule has 21 heavy (non-hydrogen) atoms. The fourth-order valence-electron chi connectivity index (χ4n) is 2.17. The Balaban J connectivity index is 2.90. The average Bonchev–Trinajstić information content (AvgIpc) is 2.34. The van der Waals surface area contributed by atoms with Gasteiger partial charge in [-0.05, 0) is 30.0 Å². The zero-order valence-electron chi connectivity index (χ0n) is 13.4. The van der Waals surface area contributed by atoms with Crippen molar-refractivity contribution in [3.63, 3.8) is 0 Å². The molecule has 1 aromatic rings. The number of aliphatic hydroxyl groups excluding tert-OH is 1. The first-order valence-electron chi connectivity index (χ1n) is 7.06. The summed E-state index contributed by atoms with van der Waals surface area (Å²) >= 11 is 0. The number of aliphatic hydroxyl groups is 1. The second kappa shape index (κ2) is 6.89. The van der Waals surface area contributed by atoms with Crippen molar-refractivity contribution in [1.82, 2.24) is 10.2 Å². The van der Waals surface area contributed by atoms with Gasteiger partial charge in [-0.25, -0.2) is 9.18 Å². The Hall–Kier alpha value is -1.62. The summed E-state index contributed by atoms with van der Waals surface area (Å²) in [5.74, 6) is -0.302. The summed E-state index contributed by atoms with van der Waals surface area (Å²) in [7, 11) is 1.63. The Kier molecular flexibility index (Phi) is 5.72. The number of nitrogens with one attached hydrogen (secondary N) is 1. The molecule has 0 aliphatic heterocycles. The van der Waals surface area contributed by atoms with Crippen LogP contribution in [0.3, 0.4) is 0 Å². The van der Waals surface area contributed by atoms with Gasteiger partial charge in [0.15, 0.2) is 0 Å². The largest absolute Gasteiger partial charge is 0.392 e. The lowest BCUT2D eigenvalue weighted by Crippen LogP contribution is -2.45. The molecule has 1 aromatic carbocycles. The third-order valence-electron chi connectivity index (χ3n) is 3.22. The lowest BCUT2D eigenvalue weighted by molar-refractivity contribution is 0.138. The summed E-state index contributed by atoms with van der Waals surface area (Å²) in [4.78, 5) is 13.6. The van der Waals surface area contributed by atoms with Crippen LogP contribution >= 0.6 is 0 Å². The van der Waals surface area contributed by atoms with E-state index in [4.69, 9.17) is 0 Å². The molecule has 0 spiro atoms. The third-order valence-corrected chi connectivity index (χ3v) is 3.22. The molecule has 2 atom stereocenters. The molecule has 0 heterocycles. The van der Waals surface area contributed by atoms with E-state index in [-0.39, 0.29) is 29.8 Å². The zero-order chi connectivity index (χ0) is 16.2. The number of carbonyl (C=O) groups excluding carboxylic acids is 1. The van der Waals surface area contributed by atoms with Crippen LogP contribution in [0.1, 0.15) is 39.3 Å². The SMILES string of the molecule is CC(O)CN(C)C(=O)NC(c1ccc(F)cc1)C(C)(C)C. The molecule has 0 saturated heterocycles. The number of rotatable bonds is 4. The number of nitrogens with zero attached hydrogens (tertiary/aromatic N) is 1. The summed E-state index contributed by atoms with van der Waals surface area (Å²) in [5, 5.41) is 12.3. The van der Waals surface area contributed by atoms with Crippen molar-refractivity contribution in [2.75, 3.05) is 13.6 Å². The van der Waals surface area contributed by atoms with Crippen LogP contribution in [-0.4, -0.2) is 35.7 Å². The van der Waals surface area contributed by atoms with Crippen molar-refractivity contribution in [2.24, 2.45) is 5.41 Å². The Labute approximate surface area is 126 Å². The monoisotopic (exact) mass is 296 g/mol. The number of carbonyl (C=O) groups is 1. The van der Waals surface area contributed by atoms with Gasteiger partial charge in [-0.2, -0.15) is 0 Å². The van der Waals surface area contributed by atoms with Gasteiger partial charge < -0.3 is 15.3 Å². The van der Waals surface area contributed by atoms with E-state index in [0.717, 1.165) is 5.56 Å². The standard InChI is InChI=1S/C16H25FN2O2/c1-11(20)10-19(5)15(21)18-14(16(2,3)4)12-6-8-13(17)9-7-12/h6-9,11,14,20H,10H2,1-5H3,(H,18,21). The molecule has 0 bridgehead atoms. The molecule has 2 unspecified atom stereocenters. The third kappa shape index (κ3) is 5.34. The first-order valence-corrected chi connectivity index (χ1v) is 7.06. The highest BCUT2D eigenvalue weighted by Gasteiger charge is 2.29. The first-order chi connectivity index (χ1) is 9.61. The van der Waals surface area contributed by atoms with Crippen molar-refractivity contribution in [1.29, 1.82) is 0 Å². The predicted octanol–water partition coefficient (Wildman–Crippen LogP) is 2.94. The number of urea groups is 1. The van der Waals surface area contributed by atoms with Gasteiger partial charge in [0.05, 0.1) is 12.1 Å².